The van der Waals surface area contributed by atoms with Crippen molar-refractivity contribution in [3.63, 3.8) is 0 Å². The molecule has 0 atom stereocenters. The van der Waals surface area contributed by atoms with Crippen LogP contribution in [0.3, 0.4) is 0 Å². The highest BCUT2D eigenvalue weighted by molar-refractivity contribution is 7.08. The number of aromatic hydroxyl groups is 1. The van der Waals surface area contributed by atoms with Crippen molar-refractivity contribution < 1.29 is 9.90 Å². The lowest BCUT2D eigenvalue weighted by Crippen LogP contribution is -2.02. The number of rotatable bonds is 3. The number of fused-ring (bicyclic) bond motifs is 1. The zero-order chi connectivity index (χ0) is 13.4. The summed E-state index contributed by atoms with van der Waals surface area (Å²) in [6.07, 6.45) is 2.94. The van der Waals surface area contributed by atoms with Crippen LogP contribution in [0.1, 0.15) is 22.8 Å². The van der Waals surface area contributed by atoms with Gasteiger partial charge < -0.3 is 5.11 Å². The van der Waals surface area contributed by atoms with Gasteiger partial charge in [-0.05, 0) is 18.4 Å². The monoisotopic (exact) mass is 273 g/mol. The Kier molecular flexibility index (Phi) is 2.79. The van der Waals surface area contributed by atoms with Gasteiger partial charge in [0.2, 0.25) is 0 Å². The van der Waals surface area contributed by atoms with Crippen LogP contribution < -0.4 is 0 Å². The van der Waals surface area contributed by atoms with Crippen molar-refractivity contribution in [3.8, 4) is 5.75 Å². The molecule has 0 spiro atoms. The van der Waals surface area contributed by atoms with E-state index in [9.17, 15) is 9.90 Å². The first-order valence-corrected chi connectivity index (χ1v) is 6.77. The lowest BCUT2D eigenvalue weighted by molar-refractivity contribution is 0.103. The van der Waals surface area contributed by atoms with Crippen LogP contribution >= 0.6 is 11.3 Å². The number of pyridine rings is 1. The number of carbonyl (C=O) groups excluding carboxylic acids is 1. The Morgan fingerprint density at radius 2 is 2.32 bits per heavy atom. The third kappa shape index (κ3) is 1.80. The molecule has 3 heterocycles. The molecule has 0 saturated carbocycles. The highest BCUT2D eigenvalue weighted by Gasteiger charge is 2.18. The average molecular weight is 273 g/mol. The predicted molar refractivity (Wildman–Crippen MR) is 72.6 cm³/mol. The number of aromatic nitrogens is 3. The topological polar surface area (TPSA) is 68.0 Å². The van der Waals surface area contributed by atoms with Crippen molar-refractivity contribution in [1.82, 2.24) is 14.8 Å². The minimum Gasteiger partial charge on any atom is -0.506 e. The summed E-state index contributed by atoms with van der Waals surface area (Å²) < 4.78 is 1.67. The van der Waals surface area contributed by atoms with Crippen LogP contribution in [0.15, 0.2) is 29.2 Å². The smallest absolute Gasteiger partial charge is 0.199 e. The molecule has 0 amide bonds. The normalized spacial score (nSPS) is 11.0. The summed E-state index contributed by atoms with van der Waals surface area (Å²) >= 11 is 1.44. The van der Waals surface area contributed by atoms with Crippen LogP contribution in [0.25, 0.3) is 11.0 Å². The van der Waals surface area contributed by atoms with Crippen molar-refractivity contribution in [2.24, 2.45) is 0 Å². The van der Waals surface area contributed by atoms with Gasteiger partial charge in [0.05, 0.1) is 17.1 Å². The van der Waals surface area contributed by atoms with E-state index in [1.807, 2.05) is 12.3 Å². The quantitative estimate of drug-likeness (QED) is 0.744. The molecule has 0 aromatic carbocycles. The SMILES string of the molecule is CCn1ncc2c(O)c(C(=O)c3ccsc3)cnc21. The summed E-state index contributed by atoms with van der Waals surface area (Å²) in [5.74, 6) is -0.279. The Morgan fingerprint density at radius 1 is 1.47 bits per heavy atom. The molecule has 1 N–H and O–H groups in total. The molecule has 5 nitrogen and oxygen atoms in total. The zero-order valence-corrected chi connectivity index (χ0v) is 11.0. The van der Waals surface area contributed by atoms with E-state index in [0.717, 1.165) is 0 Å². The lowest BCUT2D eigenvalue weighted by atomic mass is 10.1. The van der Waals surface area contributed by atoms with Gasteiger partial charge >= 0.3 is 0 Å². The number of carbonyl (C=O) groups is 1. The van der Waals surface area contributed by atoms with Gasteiger partial charge in [-0.15, -0.1) is 0 Å². The van der Waals surface area contributed by atoms with Crippen molar-refractivity contribution >= 4 is 28.2 Å². The molecule has 19 heavy (non-hydrogen) atoms. The first kappa shape index (κ1) is 11.9. The fraction of sp³-hybridized carbons (Fsp3) is 0.154. The van der Waals surface area contributed by atoms with E-state index in [1.54, 1.807) is 16.1 Å². The molecule has 0 saturated heterocycles. The van der Waals surface area contributed by atoms with Gasteiger partial charge in [0.1, 0.15) is 5.75 Å². The van der Waals surface area contributed by atoms with E-state index >= 15 is 0 Å². The van der Waals surface area contributed by atoms with E-state index in [0.29, 0.717) is 23.1 Å². The Hall–Kier alpha value is -2.21. The first-order chi connectivity index (χ1) is 9.22. The van der Waals surface area contributed by atoms with Gasteiger partial charge in [0.15, 0.2) is 11.4 Å². The maximum atomic E-state index is 12.2. The van der Waals surface area contributed by atoms with Gasteiger partial charge in [-0.1, -0.05) is 0 Å². The predicted octanol–water partition coefficient (Wildman–Crippen LogP) is 2.45. The maximum absolute atomic E-state index is 12.2. The number of ketones is 1. The van der Waals surface area contributed by atoms with Crippen molar-refractivity contribution in [2.75, 3.05) is 0 Å². The molecule has 0 aliphatic carbocycles. The van der Waals surface area contributed by atoms with E-state index in [-0.39, 0.29) is 17.1 Å². The first-order valence-electron chi connectivity index (χ1n) is 5.82. The van der Waals surface area contributed by atoms with Gasteiger partial charge in [0, 0.05) is 23.7 Å². The van der Waals surface area contributed by atoms with Gasteiger partial charge in [-0.2, -0.15) is 16.4 Å². The number of hydrogen-bond donors (Lipinski definition) is 1. The molecule has 0 unspecified atom stereocenters. The summed E-state index contributed by atoms with van der Waals surface area (Å²) in [6.45, 7) is 2.60. The van der Waals surface area contributed by atoms with Crippen LogP contribution in [0.4, 0.5) is 0 Å². The molecule has 0 bridgehead atoms. The van der Waals surface area contributed by atoms with Crippen molar-refractivity contribution in [3.05, 3.63) is 40.3 Å². The van der Waals surface area contributed by atoms with E-state index in [4.69, 9.17) is 0 Å². The molecular formula is C13H11N3O2S. The fourth-order valence-corrected chi connectivity index (χ4v) is 2.60. The summed E-state index contributed by atoms with van der Waals surface area (Å²) in [5, 5.41) is 18.4. The molecule has 0 aliphatic rings. The van der Waals surface area contributed by atoms with E-state index in [1.165, 1.54) is 23.7 Å². The number of thiophene rings is 1. The van der Waals surface area contributed by atoms with E-state index in [2.05, 4.69) is 10.1 Å². The largest absolute Gasteiger partial charge is 0.506 e. The summed E-state index contributed by atoms with van der Waals surface area (Å²) in [5.41, 5.74) is 1.35. The minimum atomic E-state index is -0.225. The van der Waals surface area contributed by atoms with E-state index < -0.39 is 0 Å². The summed E-state index contributed by atoms with van der Waals surface area (Å²) in [4.78, 5) is 16.5. The molecule has 6 heteroatoms. The fourth-order valence-electron chi connectivity index (χ4n) is 1.96. The summed E-state index contributed by atoms with van der Waals surface area (Å²) in [7, 11) is 0. The maximum Gasteiger partial charge on any atom is 0.199 e. The highest BCUT2D eigenvalue weighted by atomic mass is 32.1. The van der Waals surface area contributed by atoms with Gasteiger partial charge in [-0.25, -0.2) is 9.67 Å². The van der Waals surface area contributed by atoms with Crippen LogP contribution in [0, 0.1) is 0 Å². The molecule has 96 valence electrons. The molecule has 0 radical (unpaired) electrons. The Morgan fingerprint density at radius 3 is 3.00 bits per heavy atom. The van der Waals surface area contributed by atoms with Crippen molar-refractivity contribution in [2.45, 2.75) is 13.5 Å². The van der Waals surface area contributed by atoms with Crippen LogP contribution in [0.5, 0.6) is 5.75 Å². The molecule has 3 aromatic heterocycles. The standard InChI is InChI=1S/C13H11N3O2S/c1-2-16-13-10(6-15-16)12(18)9(5-14-13)11(17)8-3-4-19-7-8/h3-7H,2H2,1H3,(H,14,18). The second-order valence-electron chi connectivity index (χ2n) is 4.06. The van der Waals surface area contributed by atoms with Gasteiger partial charge in [-0.3, -0.25) is 4.79 Å². The Balaban J connectivity index is 2.16. The number of hydrogen-bond acceptors (Lipinski definition) is 5. The zero-order valence-electron chi connectivity index (χ0n) is 10.2. The Labute approximate surface area is 113 Å². The summed E-state index contributed by atoms with van der Waals surface area (Å²) in [6, 6.07) is 1.73. The van der Waals surface area contributed by atoms with Crippen LogP contribution in [-0.4, -0.2) is 25.7 Å². The number of aryl methyl sites for hydroxylation is 1. The molecule has 0 fully saturated rings. The molecular weight excluding hydrogens is 262 g/mol. The lowest BCUT2D eigenvalue weighted by Gasteiger charge is -2.04. The third-order valence-electron chi connectivity index (χ3n) is 2.97. The Bertz CT molecular complexity index is 747. The highest BCUT2D eigenvalue weighted by Crippen LogP contribution is 2.28. The molecule has 3 aromatic rings. The van der Waals surface area contributed by atoms with Crippen LogP contribution in [-0.2, 0) is 6.54 Å². The molecule has 0 aliphatic heterocycles. The van der Waals surface area contributed by atoms with Gasteiger partial charge in [0.25, 0.3) is 0 Å². The average Bonchev–Trinajstić information content (AvgIpc) is 3.08. The number of nitrogens with zero attached hydrogens (tertiary/aromatic N) is 3. The minimum absolute atomic E-state index is 0.0547. The van der Waals surface area contributed by atoms with Crippen LogP contribution in [0.2, 0.25) is 0 Å². The van der Waals surface area contributed by atoms with Crippen molar-refractivity contribution in [1.29, 1.82) is 0 Å². The third-order valence-corrected chi connectivity index (χ3v) is 3.65. The molecule has 3 rings (SSSR count). The second-order valence-corrected chi connectivity index (χ2v) is 4.84. The second kappa shape index (κ2) is 4.47.